The monoisotopic (exact) mass is 570 g/mol. The molecular formula is C27H32F2N8O4. The number of aliphatic hydroxyl groups excluding tert-OH is 1. The zero-order chi connectivity index (χ0) is 29.3. The van der Waals surface area contributed by atoms with Crippen molar-refractivity contribution in [3.8, 4) is 11.6 Å². The van der Waals surface area contributed by atoms with Crippen LogP contribution in [0.15, 0.2) is 30.6 Å². The molecule has 2 aliphatic rings. The Bertz CT molecular complexity index is 1420. The molecular weight excluding hydrogens is 538 g/mol. The fraction of sp³-hybridized carbons (Fsp3) is 0.481. The molecule has 1 aromatic carbocycles. The number of aryl methyl sites for hydroxylation is 1. The summed E-state index contributed by atoms with van der Waals surface area (Å²) in [5, 5.41) is 20.4. The van der Waals surface area contributed by atoms with E-state index in [-0.39, 0.29) is 41.8 Å². The molecule has 0 aliphatic carbocycles. The van der Waals surface area contributed by atoms with Gasteiger partial charge in [-0.05, 0) is 39.3 Å². The van der Waals surface area contributed by atoms with Gasteiger partial charge in [-0.2, -0.15) is 0 Å². The van der Waals surface area contributed by atoms with Crippen LogP contribution in [-0.2, 0) is 29.2 Å². The molecule has 218 valence electrons. The van der Waals surface area contributed by atoms with E-state index in [4.69, 9.17) is 4.74 Å². The summed E-state index contributed by atoms with van der Waals surface area (Å²) >= 11 is 0. The van der Waals surface area contributed by atoms with E-state index >= 15 is 0 Å². The van der Waals surface area contributed by atoms with Gasteiger partial charge in [0.05, 0.1) is 29.9 Å². The van der Waals surface area contributed by atoms with Crippen LogP contribution in [0.25, 0.3) is 0 Å². The first-order chi connectivity index (χ1) is 19.6. The Morgan fingerprint density at radius 3 is 2.68 bits per heavy atom. The van der Waals surface area contributed by atoms with Gasteiger partial charge in [-0.3, -0.25) is 14.5 Å². The first-order valence-corrected chi connectivity index (χ1v) is 13.4. The zero-order valence-corrected chi connectivity index (χ0v) is 23.0. The zero-order valence-electron chi connectivity index (χ0n) is 23.0. The lowest BCUT2D eigenvalue weighted by atomic mass is 9.91. The third kappa shape index (κ3) is 6.03. The van der Waals surface area contributed by atoms with Gasteiger partial charge in [0.25, 0.3) is 0 Å². The summed E-state index contributed by atoms with van der Waals surface area (Å²) in [5.41, 5.74) is -0.522. The minimum Gasteiger partial charge on any atom is -0.434 e. The number of rotatable bonds is 7. The fourth-order valence-electron chi connectivity index (χ4n) is 5.35. The van der Waals surface area contributed by atoms with Crippen LogP contribution in [0.5, 0.6) is 11.6 Å². The van der Waals surface area contributed by atoms with Gasteiger partial charge < -0.3 is 24.6 Å². The highest BCUT2D eigenvalue weighted by atomic mass is 19.1. The maximum absolute atomic E-state index is 13.8. The Hall–Kier alpha value is -4.04. The molecule has 1 fully saturated rings. The second-order valence-corrected chi connectivity index (χ2v) is 10.9. The molecule has 0 radical (unpaired) electrons. The van der Waals surface area contributed by atoms with E-state index in [0.29, 0.717) is 50.9 Å². The van der Waals surface area contributed by atoms with Crippen LogP contribution in [-0.4, -0.2) is 82.7 Å². The van der Waals surface area contributed by atoms with Crippen LogP contribution in [0.2, 0.25) is 0 Å². The van der Waals surface area contributed by atoms with Gasteiger partial charge in [-0.25, -0.2) is 18.7 Å². The van der Waals surface area contributed by atoms with E-state index in [1.165, 1.54) is 12.4 Å². The number of halogens is 2. The Labute approximate surface area is 235 Å². The van der Waals surface area contributed by atoms with Crippen molar-refractivity contribution in [3.05, 3.63) is 53.9 Å². The molecule has 3 aromatic rings. The molecule has 2 N–H and O–H groups in total. The van der Waals surface area contributed by atoms with Gasteiger partial charge in [0.1, 0.15) is 18.2 Å². The summed E-state index contributed by atoms with van der Waals surface area (Å²) in [6, 6.07) is 2.40. The molecule has 2 amide bonds. The van der Waals surface area contributed by atoms with Crippen molar-refractivity contribution in [1.82, 2.24) is 34.5 Å². The van der Waals surface area contributed by atoms with E-state index in [2.05, 4.69) is 25.5 Å². The molecule has 0 spiro atoms. The number of amides is 2. The number of aromatic nitrogens is 5. The highest BCUT2D eigenvalue weighted by Gasteiger charge is 2.42. The van der Waals surface area contributed by atoms with Crippen molar-refractivity contribution in [2.24, 2.45) is 5.92 Å². The van der Waals surface area contributed by atoms with Crippen molar-refractivity contribution >= 4 is 17.6 Å². The average Bonchev–Trinajstić information content (AvgIpc) is 3.36. The first-order valence-electron chi connectivity index (χ1n) is 13.4. The van der Waals surface area contributed by atoms with Crippen LogP contribution >= 0.6 is 0 Å². The molecule has 2 aromatic heterocycles. The lowest BCUT2D eigenvalue weighted by molar-refractivity contribution is -0.147. The SMILES string of the molecule is C[C@@H](C(=O)Nc1cnc(Oc2ccc(F)cc2F)cn1)N1CCN(C(=O)C2CCc3nnc(CO)n3C2)C(C)(C)C1. The summed E-state index contributed by atoms with van der Waals surface area (Å²) in [7, 11) is 0. The lowest BCUT2D eigenvalue weighted by Gasteiger charge is -2.49. The van der Waals surface area contributed by atoms with Gasteiger partial charge in [0.2, 0.25) is 17.7 Å². The number of ether oxygens (including phenoxy) is 1. The number of nitrogens with one attached hydrogen (secondary N) is 1. The van der Waals surface area contributed by atoms with Crippen molar-refractivity contribution in [2.75, 3.05) is 25.0 Å². The highest BCUT2D eigenvalue weighted by molar-refractivity contribution is 5.93. The molecule has 1 saturated heterocycles. The van der Waals surface area contributed by atoms with E-state index in [0.717, 1.165) is 18.0 Å². The summed E-state index contributed by atoms with van der Waals surface area (Å²) in [5.74, 6) is -0.853. The first kappa shape index (κ1) is 28.5. The van der Waals surface area contributed by atoms with Crippen molar-refractivity contribution in [1.29, 1.82) is 0 Å². The molecule has 4 heterocycles. The summed E-state index contributed by atoms with van der Waals surface area (Å²) in [6.07, 6.45) is 3.81. The number of carbonyl (C=O) groups excluding carboxylic acids is 2. The van der Waals surface area contributed by atoms with Gasteiger partial charge in [0, 0.05) is 38.7 Å². The molecule has 1 unspecified atom stereocenters. The van der Waals surface area contributed by atoms with E-state index in [1.54, 1.807) is 6.92 Å². The van der Waals surface area contributed by atoms with Gasteiger partial charge in [-0.15, -0.1) is 10.2 Å². The fourth-order valence-corrected chi connectivity index (χ4v) is 5.35. The lowest BCUT2D eigenvalue weighted by Crippen LogP contribution is -2.64. The number of benzene rings is 1. The highest BCUT2D eigenvalue weighted by Crippen LogP contribution is 2.29. The molecule has 12 nitrogen and oxygen atoms in total. The van der Waals surface area contributed by atoms with Crippen LogP contribution < -0.4 is 10.1 Å². The maximum Gasteiger partial charge on any atom is 0.242 e. The number of piperazine rings is 1. The largest absolute Gasteiger partial charge is 0.434 e. The third-order valence-corrected chi connectivity index (χ3v) is 7.63. The maximum atomic E-state index is 13.8. The smallest absolute Gasteiger partial charge is 0.242 e. The van der Waals surface area contributed by atoms with E-state index in [1.807, 2.05) is 28.2 Å². The Balaban J connectivity index is 1.16. The van der Waals surface area contributed by atoms with E-state index < -0.39 is 23.2 Å². The number of nitrogens with zero attached hydrogens (tertiary/aromatic N) is 7. The number of hydrogen-bond donors (Lipinski definition) is 2. The summed E-state index contributed by atoms with van der Waals surface area (Å²) < 4.78 is 34.1. The average molecular weight is 571 g/mol. The van der Waals surface area contributed by atoms with Gasteiger partial charge in [0.15, 0.2) is 23.2 Å². The molecule has 41 heavy (non-hydrogen) atoms. The van der Waals surface area contributed by atoms with Crippen LogP contribution in [0.3, 0.4) is 0 Å². The van der Waals surface area contributed by atoms with E-state index in [9.17, 15) is 23.5 Å². The van der Waals surface area contributed by atoms with Gasteiger partial charge >= 0.3 is 0 Å². The topological polar surface area (TPSA) is 139 Å². The van der Waals surface area contributed by atoms with Crippen molar-refractivity contribution in [2.45, 2.75) is 58.3 Å². The second-order valence-electron chi connectivity index (χ2n) is 10.9. The second kappa shape index (κ2) is 11.4. The quantitative estimate of drug-likeness (QED) is 0.438. The number of aliphatic hydroxyl groups is 1. The molecule has 2 atom stereocenters. The molecule has 0 saturated carbocycles. The van der Waals surface area contributed by atoms with Crippen molar-refractivity contribution < 1.29 is 28.2 Å². The predicted molar refractivity (Wildman–Crippen MR) is 142 cm³/mol. The Morgan fingerprint density at radius 2 is 2.00 bits per heavy atom. The summed E-state index contributed by atoms with van der Waals surface area (Å²) in [6.45, 7) is 7.45. The molecule has 5 rings (SSSR count). The normalized spacial score (nSPS) is 19.4. The molecule has 14 heteroatoms. The minimum absolute atomic E-state index is 0.0184. The molecule has 2 aliphatic heterocycles. The number of hydrogen-bond acceptors (Lipinski definition) is 9. The number of carbonyl (C=O) groups is 2. The van der Waals surface area contributed by atoms with Crippen LogP contribution in [0, 0.1) is 17.6 Å². The Morgan fingerprint density at radius 1 is 1.20 bits per heavy atom. The third-order valence-electron chi connectivity index (χ3n) is 7.63. The van der Waals surface area contributed by atoms with Gasteiger partial charge in [-0.1, -0.05) is 0 Å². The van der Waals surface area contributed by atoms with Crippen LogP contribution in [0.1, 0.15) is 38.8 Å². The Kier molecular flexibility index (Phi) is 7.95. The predicted octanol–water partition coefficient (Wildman–Crippen LogP) is 2.14. The minimum atomic E-state index is -0.873. The standard InChI is InChI=1S/C27H32F2N8O4/c1-16(25(39)32-21-11-31-24(12-30-21)41-20-6-5-18(28)10-19(20)29)35-8-9-37(27(2,3)15-35)26(40)17-4-7-22-33-34-23(14-38)36(22)13-17/h5-6,10-12,16-17,38H,4,7-9,13-15H2,1-3H3,(H,30,32,39)/t16-,17?/m0/s1. The van der Waals surface area contributed by atoms with Crippen molar-refractivity contribution in [3.63, 3.8) is 0 Å². The number of anilines is 1. The van der Waals surface area contributed by atoms with Crippen LogP contribution in [0.4, 0.5) is 14.6 Å². The number of fused-ring (bicyclic) bond motifs is 1. The summed E-state index contributed by atoms with van der Waals surface area (Å²) in [4.78, 5) is 38.7. The molecule has 0 bridgehead atoms.